The summed E-state index contributed by atoms with van der Waals surface area (Å²) in [5.41, 5.74) is 5.26. The van der Waals surface area contributed by atoms with E-state index < -0.39 is 5.97 Å². The number of nitrogens with one attached hydrogen (secondary N) is 1. The van der Waals surface area contributed by atoms with Crippen molar-refractivity contribution in [3.05, 3.63) is 66.0 Å². The van der Waals surface area contributed by atoms with Crippen LogP contribution in [-0.4, -0.2) is 33.0 Å². The summed E-state index contributed by atoms with van der Waals surface area (Å²) in [5.74, 6) is -1.11. The quantitative estimate of drug-likeness (QED) is 0.761. The molecule has 0 saturated heterocycles. The second-order valence-corrected chi connectivity index (χ2v) is 5.55. The van der Waals surface area contributed by atoms with Crippen molar-refractivity contribution in [3.63, 3.8) is 0 Å². The van der Waals surface area contributed by atoms with Gasteiger partial charge in [-0.25, -0.2) is 4.79 Å². The normalized spacial score (nSPS) is 13.0. The number of aromatic carboxylic acids is 1. The number of azo groups is 1. The Labute approximate surface area is 142 Å². The first kappa shape index (κ1) is 14.9. The number of aromatic nitrogens is 3. The van der Waals surface area contributed by atoms with Gasteiger partial charge in [0.25, 0.3) is 0 Å². The first-order valence-corrected chi connectivity index (χ1v) is 7.63. The molecule has 0 atom stereocenters. The first-order valence-electron chi connectivity index (χ1n) is 7.63. The van der Waals surface area contributed by atoms with Crippen LogP contribution in [-0.2, 0) is 0 Å². The minimum atomic E-state index is -1.11. The predicted octanol–water partition coefficient (Wildman–Crippen LogP) is 3.64. The summed E-state index contributed by atoms with van der Waals surface area (Å²) in [6.07, 6.45) is 1.78. The highest BCUT2D eigenvalue weighted by Gasteiger charge is 2.16. The van der Waals surface area contributed by atoms with Gasteiger partial charge in [-0.2, -0.15) is 20.5 Å². The number of benzene rings is 2. The summed E-state index contributed by atoms with van der Waals surface area (Å²) in [6.45, 7) is 0.623. The molecule has 1 aliphatic rings. The molecule has 122 valence electrons. The van der Waals surface area contributed by atoms with Gasteiger partial charge in [-0.1, -0.05) is 48.5 Å². The van der Waals surface area contributed by atoms with E-state index in [9.17, 15) is 4.79 Å². The Bertz CT molecular complexity index is 985. The fourth-order valence-corrected chi connectivity index (χ4v) is 2.71. The van der Waals surface area contributed by atoms with E-state index >= 15 is 0 Å². The van der Waals surface area contributed by atoms with E-state index in [0.29, 0.717) is 17.8 Å². The lowest BCUT2D eigenvalue weighted by Crippen LogP contribution is -1.99. The van der Waals surface area contributed by atoms with Crippen LogP contribution in [0.4, 0.5) is 0 Å². The molecule has 0 radical (unpaired) electrons. The minimum absolute atomic E-state index is 0.0854. The van der Waals surface area contributed by atoms with Gasteiger partial charge >= 0.3 is 5.97 Å². The number of carboxylic acids is 1. The summed E-state index contributed by atoms with van der Waals surface area (Å²) >= 11 is 0. The fourth-order valence-electron chi connectivity index (χ4n) is 2.71. The number of carbonyl (C=O) groups is 1. The van der Waals surface area contributed by atoms with Gasteiger partial charge in [-0.3, -0.25) is 0 Å². The number of rotatable bonds is 4. The van der Waals surface area contributed by atoms with Crippen LogP contribution in [0.3, 0.4) is 0 Å². The number of carboxylic acid groups (broad SMARTS) is 1. The highest BCUT2D eigenvalue weighted by Crippen LogP contribution is 2.27. The van der Waals surface area contributed by atoms with E-state index in [-0.39, 0.29) is 5.69 Å². The Morgan fingerprint density at radius 3 is 2.04 bits per heavy atom. The van der Waals surface area contributed by atoms with Gasteiger partial charge in [-0.15, -0.1) is 5.10 Å². The second kappa shape index (κ2) is 6.12. The molecular formula is C18H13N5O2. The van der Waals surface area contributed by atoms with Crippen LogP contribution < -0.4 is 0 Å². The highest BCUT2D eigenvalue weighted by molar-refractivity contribution is 5.92. The Morgan fingerprint density at radius 1 is 0.880 bits per heavy atom. The van der Waals surface area contributed by atoms with Gasteiger partial charge in [0.1, 0.15) is 5.69 Å². The summed E-state index contributed by atoms with van der Waals surface area (Å²) in [5, 5.41) is 26.9. The second-order valence-electron chi connectivity index (χ2n) is 5.55. The molecule has 0 saturated carbocycles. The van der Waals surface area contributed by atoms with Gasteiger partial charge in [0, 0.05) is 11.1 Å². The molecule has 0 unspecified atom stereocenters. The molecule has 3 aromatic rings. The van der Waals surface area contributed by atoms with Crippen molar-refractivity contribution in [1.82, 2.24) is 15.4 Å². The largest absolute Gasteiger partial charge is 0.476 e. The molecule has 1 aliphatic heterocycles. The number of aromatic amines is 1. The highest BCUT2D eigenvalue weighted by atomic mass is 16.4. The Kier molecular flexibility index (Phi) is 3.66. The summed E-state index contributed by atoms with van der Waals surface area (Å²) < 4.78 is 0. The summed E-state index contributed by atoms with van der Waals surface area (Å²) in [7, 11) is 0. The first-order chi connectivity index (χ1) is 12.2. The monoisotopic (exact) mass is 331 g/mol. The Balaban J connectivity index is 1.60. The zero-order chi connectivity index (χ0) is 17.2. The van der Waals surface area contributed by atoms with E-state index in [1.54, 1.807) is 6.20 Å². The van der Waals surface area contributed by atoms with Gasteiger partial charge in [0.2, 0.25) is 0 Å². The Hall–Kier alpha value is -3.61. The van der Waals surface area contributed by atoms with Gasteiger partial charge in [0.15, 0.2) is 5.69 Å². The van der Waals surface area contributed by atoms with Crippen molar-refractivity contribution >= 4 is 11.5 Å². The van der Waals surface area contributed by atoms with Crippen LogP contribution in [0.25, 0.3) is 28.0 Å². The van der Waals surface area contributed by atoms with E-state index in [4.69, 9.17) is 5.11 Å². The molecule has 0 bridgehead atoms. The lowest BCUT2D eigenvalue weighted by Gasteiger charge is -2.06. The average molecular weight is 331 g/mol. The van der Waals surface area contributed by atoms with Crippen LogP contribution in [0.1, 0.15) is 16.1 Å². The molecule has 25 heavy (non-hydrogen) atoms. The van der Waals surface area contributed by atoms with Crippen LogP contribution in [0.2, 0.25) is 0 Å². The maximum atomic E-state index is 11.1. The zero-order valence-electron chi connectivity index (χ0n) is 13.0. The van der Waals surface area contributed by atoms with Crippen molar-refractivity contribution in [2.45, 2.75) is 0 Å². The minimum Gasteiger partial charge on any atom is -0.476 e. The SMILES string of the molecule is O=C(O)c1n[nH]nc1-c1ccc(-c2ccc(C3=CN=NC3)cc2)cc1. The Morgan fingerprint density at radius 2 is 1.48 bits per heavy atom. The molecule has 4 rings (SSSR count). The van der Waals surface area contributed by atoms with E-state index in [1.165, 1.54) is 0 Å². The van der Waals surface area contributed by atoms with Crippen molar-refractivity contribution in [3.8, 4) is 22.4 Å². The fraction of sp³-hybridized carbons (Fsp3) is 0.0556. The molecule has 1 aromatic heterocycles. The molecule has 2 N–H and O–H groups in total. The van der Waals surface area contributed by atoms with Crippen LogP contribution in [0.5, 0.6) is 0 Å². The van der Waals surface area contributed by atoms with Crippen LogP contribution in [0.15, 0.2) is 65.0 Å². The smallest absolute Gasteiger partial charge is 0.358 e. The maximum Gasteiger partial charge on any atom is 0.358 e. The number of nitrogens with zero attached hydrogens (tertiary/aromatic N) is 4. The van der Waals surface area contributed by atoms with E-state index in [0.717, 1.165) is 22.3 Å². The molecule has 7 nitrogen and oxygen atoms in total. The molecule has 0 amide bonds. The number of hydrogen-bond donors (Lipinski definition) is 2. The van der Waals surface area contributed by atoms with Crippen LogP contribution in [0, 0.1) is 0 Å². The molecule has 7 heteroatoms. The number of H-pyrrole nitrogens is 1. The molecule has 0 spiro atoms. The third kappa shape index (κ3) is 2.83. The lowest BCUT2D eigenvalue weighted by atomic mass is 9.99. The average Bonchev–Trinajstić information content (AvgIpc) is 3.34. The van der Waals surface area contributed by atoms with Crippen molar-refractivity contribution in [2.24, 2.45) is 10.2 Å². The third-order valence-electron chi connectivity index (χ3n) is 4.03. The maximum absolute atomic E-state index is 11.1. The third-order valence-corrected chi connectivity index (χ3v) is 4.03. The topological polar surface area (TPSA) is 104 Å². The molecule has 2 heterocycles. The van der Waals surface area contributed by atoms with E-state index in [2.05, 4.69) is 25.6 Å². The summed E-state index contributed by atoms with van der Waals surface area (Å²) in [4.78, 5) is 11.1. The molecular weight excluding hydrogens is 318 g/mol. The zero-order valence-corrected chi connectivity index (χ0v) is 13.0. The van der Waals surface area contributed by atoms with Gasteiger partial charge < -0.3 is 5.11 Å². The molecule has 0 fully saturated rings. The van der Waals surface area contributed by atoms with Crippen molar-refractivity contribution in [2.75, 3.05) is 6.54 Å². The standard InChI is InChI=1S/C18H13N5O2/c24-18(25)17-16(21-23-22-17)14-7-5-12(6-8-14)11-1-3-13(4-2-11)15-9-19-20-10-15/h1-9H,10H2,(H,24,25)(H,21,22,23). The van der Waals surface area contributed by atoms with Gasteiger partial charge in [-0.05, 0) is 16.7 Å². The molecule has 2 aromatic carbocycles. The van der Waals surface area contributed by atoms with Gasteiger partial charge in [0.05, 0.1) is 12.7 Å². The van der Waals surface area contributed by atoms with Crippen molar-refractivity contribution in [1.29, 1.82) is 0 Å². The molecule has 0 aliphatic carbocycles. The van der Waals surface area contributed by atoms with E-state index in [1.807, 2.05) is 48.5 Å². The van der Waals surface area contributed by atoms with Crippen molar-refractivity contribution < 1.29 is 9.90 Å². The number of hydrogen-bond acceptors (Lipinski definition) is 5. The summed E-state index contributed by atoms with van der Waals surface area (Å²) in [6, 6.07) is 15.7. The lowest BCUT2D eigenvalue weighted by molar-refractivity contribution is 0.0691. The predicted molar refractivity (Wildman–Crippen MR) is 91.9 cm³/mol. The van der Waals surface area contributed by atoms with Crippen LogP contribution >= 0.6 is 0 Å².